The lowest BCUT2D eigenvalue weighted by molar-refractivity contribution is 0.175. The highest BCUT2D eigenvalue weighted by Gasteiger charge is 2.24. The number of ether oxygens (including phenoxy) is 1. The van der Waals surface area contributed by atoms with Crippen LogP contribution >= 0.6 is 0 Å². The van der Waals surface area contributed by atoms with Gasteiger partial charge in [0, 0.05) is 12.6 Å². The normalized spacial score (nSPS) is 21.1. The number of hydrogen-bond acceptors (Lipinski definition) is 2. The molecule has 1 aliphatic heterocycles. The van der Waals surface area contributed by atoms with Gasteiger partial charge in [0.15, 0.2) is 0 Å². The van der Waals surface area contributed by atoms with Crippen LogP contribution < -0.4 is 5.32 Å². The zero-order chi connectivity index (χ0) is 12.8. The van der Waals surface area contributed by atoms with Crippen molar-refractivity contribution in [3.8, 4) is 0 Å². The molecule has 1 saturated heterocycles. The summed E-state index contributed by atoms with van der Waals surface area (Å²) in [6.07, 6.45) is 3.60. The van der Waals surface area contributed by atoms with Gasteiger partial charge in [-0.05, 0) is 49.8 Å². The van der Waals surface area contributed by atoms with Crippen molar-refractivity contribution in [2.75, 3.05) is 19.8 Å². The highest BCUT2D eigenvalue weighted by atomic mass is 16.5. The molecule has 2 atom stereocenters. The highest BCUT2D eigenvalue weighted by molar-refractivity contribution is 5.25. The Morgan fingerprint density at radius 1 is 1.39 bits per heavy atom. The van der Waals surface area contributed by atoms with Crippen molar-refractivity contribution >= 4 is 0 Å². The van der Waals surface area contributed by atoms with Crippen LogP contribution in [0.4, 0.5) is 0 Å². The predicted molar refractivity (Wildman–Crippen MR) is 75.9 cm³/mol. The molecule has 0 saturated carbocycles. The molecule has 0 aliphatic carbocycles. The van der Waals surface area contributed by atoms with Gasteiger partial charge in [-0.3, -0.25) is 0 Å². The molecule has 2 rings (SSSR count). The lowest BCUT2D eigenvalue weighted by Gasteiger charge is -2.23. The van der Waals surface area contributed by atoms with Gasteiger partial charge in [0.2, 0.25) is 0 Å². The van der Waals surface area contributed by atoms with E-state index < -0.39 is 0 Å². The molecule has 1 aromatic carbocycles. The van der Waals surface area contributed by atoms with Crippen molar-refractivity contribution in [1.82, 2.24) is 5.32 Å². The van der Waals surface area contributed by atoms with E-state index in [9.17, 15) is 0 Å². The molecule has 18 heavy (non-hydrogen) atoms. The fourth-order valence-corrected chi connectivity index (χ4v) is 2.84. The van der Waals surface area contributed by atoms with E-state index in [0.717, 1.165) is 19.8 Å². The third-order valence-corrected chi connectivity index (χ3v) is 3.99. The van der Waals surface area contributed by atoms with Crippen molar-refractivity contribution in [2.45, 2.75) is 39.2 Å². The number of rotatable bonds is 6. The summed E-state index contributed by atoms with van der Waals surface area (Å²) in [4.78, 5) is 0. The molecule has 0 amide bonds. The first-order valence-corrected chi connectivity index (χ1v) is 7.17. The summed E-state index contributed by atoms with van der Waals surface area (Å²) in [5, 5.41) is 3.63. The van der Waals surface area contributed by atoms with Crippen molar-refractivity contribution in [3.63, 3.8) is 0 Å². The van der Waals surface area contributed by atoms with E-state index in [4.69, 9.17) is 4.74 Å². The molecule has 0 aromatic heterocycles. The highest BCUT2D eigenvalue weighted by Crippen LogP contribution is 2.21. The topological polar surface area (TPSA) is 21.3 Å². The van der Waals surface area contributed by atoms with Crippen molar-refractivity contribution in [2.24, 2.45) is 5.92 Å². The molecule has 1 fully saturated rings. The third kappa shape index (κ3) is 3.56. The Balaban J connectivity index is 1.91. The van der Waals surface area contributed by atoms with Crippen LogP contribution in [0.2, 0.25) is 0 Å². The maximum atomic E-state index is 5.52. The third-order valence-electron chi connectivity index (χ3n) is 3.99. The summed E-state index contributed by atoms with van der Waals surface area (Å²) in [7, 11) is 0. The fraction of sp³-hybridized carbons (Fsp3) is 0.625. The van der Waals surface area contributed by atoms with Crippen molar-refractivity contribution < 1.29 is 4.74 Å². The van der Waals surface area contributed by atoms with Crippen LogP contribution in [0.3, 0.4) is 0 Å². The van der Waals surface area contributed by atoms with Gasteiger partial charge in [0.05, 0.1) is 6.61 Å². The molecule has 1 heterocycles. The van der Waals surface area contributed by atoms with E-state index in [0.29, 0.717) is 12.0 Å². The SMILES string of the molecule is CCNC(CCc1ccccc1C)C1CCOC1. The van der Waals surface area contributed by atoms with Crippen molar-refractivity contribution in [1.29, 1.82) is 0 Å². The first kappa shape index (κ1) is 13.6. The lowest BCUT2D eigenvalue weighted by Crippen LogP contribution is -2.37. The average molecular weight is 247 g/mol. The van der Waals surface area contributed by atoms with Gasteiger partial charge in [-0.1, -0.05) is 31.2 Å². The monoisotopic (exact) mass is 247 g/mol. The first-order valence-electron chi connectivity index (χ1n) is 7.17. The van der Waals surface area contributed by atoms with Crippen LogP contribution in [0, 0.1) is 12.8 Å². The Hall–Kier alpha value is -0.860. The van der Waals surface area contributed by atoms with Gasteiger partial charge in [-0.15, -0.1) is 0 Å². The van der Waals surface area contributed by atoms with Gasteiger partial charge in [-0.2, -0.15) is 0 Å². The Morgan fingerprint density at radius 3 is 2.89 bits per heavy atom. The minimum absolute atomic E-state index is 0.608. The summed E-state index contributed by atoms with van der Waals surface area (Å²) in [5.41, 5.74) is 2.90. The van der Waals surface area contributed by atoms with Gasteiger partial charge >= 0.3 is 0 Å². The van der Waals surface area contributed by atoms with Crippen LogP contribution in [0.25, 0.3) is 0 Å². The molecular weight excluding hydrogens is 222 g/mol. The minimum atomic E-state index is 0.608. The summed E-state index contributed by atoms with van der Waals surface area (Å²) >= 11 is 0. The van der Waals surface area contributed by atoms with E-state index in [1.54, 1.807) is 0 Å². The van der Waals surface area contributed by atoms with Crippen LogP contribution in [0.5, 0.6) is 0 Å². The largest absolute Gasteiger partial charge is 0.381 e. The number of nitrogens with one attached hydrogen (secondary N) is 1. The Labute approximate surface area is 111 Å². The summed E-state index contributed by atoms with van der Waals surface area (Å²) < 4.78 is 5.52. The van der Waals surface area contributed by atoms with Crippen LogP contribution in [0.1, 0.15) is 30.9 Å². The summed E-state index contributed by atoms with van der Waals surface area (Å²) in [6, 6.07) is 9.33. The quantitative estimate of drug-likeness (QED) is 0.834. The molecule has 1 aliphatic rings. The van der Waals surface area contributed by atoms with E-state index in [-0.39, 0.29) is 0 Å². The zero-order valence-corrected chi connectivity index (χ0v) is 11.6. The average Bonchev–Trinajstić information content (AvgIpc) is 2.90. The molecule has 2 unspecified atom stereocenters. The van der Waals surface area contributed by atoms with Gasteiger partial charge < -0.3 is 10.1 Å². The number of aryl methyl sites for hydroxylation is 2. The molecule has 1 N–H and O–H groups in total. The van der Waals surface area contributed by atoms with Crippen LogP contribution in [0.15, 0.2) is 24.3 Å². The smallest absolute Gasteiger partial charge is 0.0510 e. The second kappa shape index (κ2) is 6.91. The number of benzene rings is 1. The lowest BCUT2D eigenvalue weighted by atomic mass is 9.92. The van der Waals surface area contributed by atoms with Crippen LogP contribution in [-0.2, 0) is 11.2 Å². The fourth-order valence-electron chi connectivity index (χ4n) is 2.84. The van der Waals surface area contributed by atoms with Gasteiger partial charge in [-0.25, -0.2) is 0 Å². The van der Waals surface area contributed by atoms with Gasteiger partial charge in [0.1, 0.15) is 0 Å². The summed E-state index contributed by atoms with van der Waals surface area (Å²) in [6.45, 7) is 7.32. The molecular formula is C16H25NO. The maximum absolute atomic E-state index is 5.52. The van der Waals surface area contributed by atoms with E-state index in [1.165, 1.54) is 30.4 Å². The Kier molecular flexibility index (Phi) is 5.21. The molecule has 0 spiro atoms. The molecule has 2 heteroatoms. The summed E-state index contributed by atoms with van der Waals surface area (Å²) in [5.74, 6) is 0.703. The second-order valence-electron chi connectivity index (χ2n) is 5.25. The second-order valence-corrected chi connectivity index (χ2v) is 5.25. The Morgan fingerprint density at radius 2 is 2.22 bits per heavy atom. The van der Waals surface area contributed by atoms with E-state index in [1.807, 2.05) is 0 Å². The number of hydrogen-bond donors (Lipinski definition) is 1. The molecule has 0 radical (unpaired) electrons. The predicted octanol–water partition coefficient (Wildman–Crippen LogP) is 2.94. The van der Waals surface area contributed by atoms with E-state index >= 15 is 0 Å². The molecule has 1 aromatic rings. The Bertz CT molecular complexity index is 358. The minimum Gasteiger partial charge on any atom is -0.381 e. The first-order chi connectivity index (χ1) is 8.81. The maximum Gasteiger partial charge on any atom is 0.0510 e. The zero-order valence-electron chi connectivity index (χ0n) is 11.6. The van der Waals surface area contributed by atoms with Crippen LogP contribution in [-0.4, -0.2) is 25.8 Å². The molecule has 2 nitrogen and oxygen atoms in total. The molecule has 100 valence electrons. The molecule has 0 bridgehead atoms. The van der Waals surface area contributed by atoms with Crippen molar-refractivity contribution in [3.05, 3.63) is 35.4 Å². The van der Waals surface area contributed by atoms with E-state index in [2.05, 4.69) is 43.4 Å². The standard InChI is InChI=1S/C16H25NO/c1-3-17-16(15-10-11-18-12-15)9-8-14-7-5-4-6-13(14)2/h4-7,15-17H,3,8-12H2,1-2H3. The van der Waals surface area contributed by atoms with Gasteiger partial charge in [0.25, 0.3) is 0 Å².